The summed E-state index contributed by atoms with van der Waals surface area (Å²) in [7, 11) is -3.82. The second-order valence-electron chi connectivity index (χ2n) is 7.75. The Bertz CT molecular complexity index is 1070. The summed E-state index contributed by atoms with van der Waals surface area (Å²) < 4.78 is 40.9. The van der Waals surface area contributed by atoms with Crippen LogP contribution in [0.1, 0.15) is 24.4 Å². The fourth-order valence-corrected chi connectivity index (χ4v) is 5.86. The molecule has 1 amide bonds. The average molecular weight is 486 g/mol. The van der Waals surface area contributed by atoms with Crippen LogP contribution in [0.25, 0.3) is 0 Å². The monoisotopic (exact) mass is 485 g/mol. The minimum atomic E-state index is -3.82. The number of piperazine rings is 1. The van der Waals surface area contributed by atoms with E-state index in [1.54, 1.807) is 12.1 Å². The molecule has 2 aromatic rings. The molecule has 2 aromatic carbocycles. The summed E-state index contributed by atoms with van der Waals surface area (Å²) in [6, 6.07) is 9.76. The highest BCUT2D eigenvalue weighted by Gasteiger charge is 2.36. The van der Waals surface area contributed by atoms with Crippen molar-refractivity contribution in [1.82, 2.24) is 14.5 Å². The molecule has 166 valence electrons. The molecule has 10 heteroatoms. The fraction of sp³-hybridized carbons (Fsp3) is 0.381. The van der Waals surface area contributed by atoms with E-state index in [9.17, 15) is 17.6 Å². The van der Waals surface area contributed by atoms with Gasteiger partial charge in [0.15, 0.2) is 0 Å². The second kappa shape index (κ2) is 9.03. The van der Waals surface area contributed by atoms with Gasteiger partial charge in [-0.25, -0.2) is 12.8 Å². The van der Waals surface area contributed by atoms with Crippen molar-refractivity contribution in [1.29, 1.82) is 0 Å². The SMILES string of the molecule is O=C(NC1CC1)C(c1ccc(F)cc1)N1CCN(S(=O)(=O)c2cc(Cl)ccc2Cl)CC1. The van der Waals surface area contributed by atoms with Gasteiger partial charge in [0.1, 0.15) is 16.8 Å². The van der Waals surface area contributed by atoms with Gasteiger partial charge >= 0.3 is 0 Å². The molecule has 2 aliphatic rings. The maximum Gasteiger partial charge on any atom is 0.244 e. The predicted molar refractivity (Wildman–Crippen MR) is 117 cm³/mol. The summed E-state index contributed by atoms with van der Waals surface area (Å²) in [6.45, 7) is 1.08. The number of rotatable bonds is 6. The highest BCUT2D eigenvalue weighted by molar-refractivity contribution is 7.89. The van der Waals surface area contributed by atoms with Crippen LogP contribution in [0.2, 0.25) is 10.0 Å². The molecule has 0 bridgehead atoms. The summed E-state index contributed by atoms with van der Waals surface area (Å²) in [4.78, 5) is 14.8. The molecule has 1 unspecified atom stereocenters. The van der Waals surface area contributed by atoms with Crippen molar-refractivity contribution in [2.75, 3.05) is 26.2 Å². The molecule has 2 fully saturated rings. The third kappa shape index (κ3) is 5.04. The number of sulfonamides is 1. The molecule has 1 atom stereocenters. The van der Waals surface area contributed by atoms with Crippen LogP contribution in [0, 0.1) is 5.82 Å². The van der Waals surface area contributed by atoms with Crippen molar-refractivity contribution >= 4 is 39.1 Å². The van der Waals surface area contributed by atoms with Crippen LogP contribution < -0.4 is 5.32 Å². The first-order valence-corrected chi connectivity index (χ1v) is 12.2. The highest BCUT2D eigenvalue weighted by Crippen LogP contribution is 2.30. The summed E-state index contributed by atoms with van der Waals surface area (Å²) in [5.41, 5.74) is 0.675. The lowest BCUT2D eigenvalue weighted by Crippen LogP contribution is -2.52. The number of nitrogens with one attached hydrogen (secondary N) is 1. The Balaban J connectivity index is 1.52. The van der Waals surface area contributed by atoms with Crippen LogP contribution in [-0.4, -0.2) is 55.8 Å². The first-order valence-electron chi connectivity index (χ1n) is 10.0. The van der Waals surface area contributed by atoms with E-state index in [1.165, 1.54) is 34.6 Å². The normalized spacial score (nSPS) is 19.2. The van der Waals surface area contributed by atoms with Gasteiger partial charge in [-0.2, -0.15) is 4.31 Å². The van der Waals surface area contributed by atoms with Gasteiger partial charge in [-0.3, -0.25) is 9.69 Å². The molecule has 1 aliphatic carbocycles. The number of nitrogens with zero attached hydrogens (tertiary/aromatic N) is 2. The lowest BCUT2D eigenvalue weighted by Gasteiger charge is -2.38. The van der Waals surface area contributed by atoms with Crippen molar-refractivity contribution in [3.8, 4) is 0 Å². The van der Waals surface area contributed by atoms with Gasteiger partial charge in [0.25, 0.3) is 0 Å². The molecule has 1 heterocycles. The van der Waals surface area contributed by atoms with Gasteiger partial charge < -0.3 is 5.32 Å². The van der Waals surface area contributed by atoms with Gasteiger partial charge in [-0.05, 0) is 48.7 Å². The van der Waals surface area contributed by atoms with Crippen LogP contribution >= 0.6 is 23.2 Å². The van der Waals surface area contributed by atoms with E-state index in [0.29, 0.717) is 18.7 Å². The van der Waals surface area contributed by atoms with Gasteiger partial charge in [-0.15, -0.1) is 0 Å². The average Bonchev–Trinajstić information content (AvgIpc) is 3.56. The molecule has 1 saturated carbocycles. The van der Waals surface area contributed by atoms with Crippen molar-refractivity contribution in [2.24, 2.45) is 0 Å². The minimum Gasteiger partial charge on any atom is -0.352 e. The zero-order valence-electron chi connectivity index (χ0n) is 16.6. The summed E-state index contributed by atoms with van der Waals surface area (Å²) >= 11 is 12.1. The quantitative estimate of drug-likeness (QED) is 0.679. The molecular formula is C21H22Cl2FN3O3S. The smallest absolute Gasteiger partial charge is 0.244 e. The number of halogens is 3. The summed E-state index contributed by atoms with van der Waals surface area (Å²) in [5.74, 6) is -0.525. The minimum absolute atomic E-state index is 0.0309. The van der Waals surface area contributed by atoms with Crippen molar-refractivity contribution < 1.29 is 17.6 Å². The predicted octanol–water partition coefficient (Wildman–Crippen LogP) is 3.46. The number of amides is 1. The molecule has 0 radical (unpaired) electrons. The maximum atomic E-state index is 13.4. The Kier molecular flexibility index (Phi) is 6.55. The van der Waals surface area contributed by atoms with Crippen LogP contribution in [-0.2, 0) is 14.8 Å². The molecule has 1 saturated heterocycles. The summed E-state index contributed by atoms with van der Waals surface area (Å²) in [6.07, 6.45) is 1.91. The number of carbonyl (C=O) groups is 1. The Labute approximate surface area is 191 Å². The standard InChI is InChI=1S/C21H22Cl2FN3O3S/c22-15-3-8-18(23)19(13-15)31(29,30)27-11-9-26(10-12-27)20(21(28)25-17-6-7-17)14-1-4-16(24)5-2-14/h1-5,8,13,17,20H,6-7,9-12H2,(H,25,28). The first kappa shape index (κ1) is 22.5. The van der Waals surface area contributed by atoms with E-state index in [0.717, 1.165) is 12.8 Å². The number of benzene rings is 2. The van der Waals surface area contributed by atoms with Crippen LogP contribution in [0.5, 0.6) is 0 Å². The number of hydrogen-bond acceptors (Lipinski definition) is 4. The van der Waals surface area contributed by atoms with E-state index >= 15 is 0 Å². The Morgan fingerprint density at radius 2 is 1.68 bits per heavy atom. The van der Waals surface area contributed by atoms with Gasteiger partial charge in [-0.1, -0.05) is 35.3 Å². The topological polar surface area (TPSA) is 69.7 Å². The zero-order valence-corrected chi connectivity index (χ0v) is 18.9. The van der Waals surface area contributed by atoms with Crippen molar-refractivity contribution in [2.45, 2.75) is 29.8 Å². The Morgan fingerprint density at radius 1 is 1.03 bits per heavy atom. The molecule has 1 N–H and O–H groups in total. The molecule has 1 aliphatic heterocycles. The van der Waals surface area contributed by atoms with Crippen molar-refractivity contribution in [3.63, 3.8) is 0 Å². The largest absolute Gasteiger partial charge is 0.352 e. The molecule has 0 spiro atoms. The van der Waals surface area contributed by atoms with Gasteiger partial charge in [0.2, 0.25) is 15.9 Å². The fourth-order valence-electron chi connectivity index (χ4n) is 3.70. The number of hydrogen-bond donors (Lipinski definition) is 1. The third-order valence-electron chi connectivity index (χ3n) is 5.51. The van der Waals surface area contributed by atoms with Gasteiger partial charge in [0, 0.05) is 37.2 Å². The second-order valence-corrected chi connectivity index (χ2v) is 10.5. The maximum absolute atomic E-state index is 13.4. The van der Waals surface area contributed by atoms with E-state index in [4.69, 9.17) is 23.2 Å². The molecule has 4 rings (SSSR count). The third-order valence-corrected chi connectivity index (χ3v) is 8.12. The zero-order chi connectivity index (χ0) is 22.2. The van der Waals surface area contributed by atoms with Crippen LogP contribution in [0.15, 0.2) is 47.4 Å². The molecule has 31 heavy (non-hydrogen) atoms. The lowest BCUT2D eigenvalue weighted by molar-refractivity contribution is -0.127. The molecule has 0 aromatic heterocycles. The first-order chi connectivity index (χ1) is 14.8. The Hall–Kier alpha value is -1.71. The van der Waals surface area contributed by atoms with E-state index in [-0.39, 0.29) is 45.8 Å². The van der Waals surface area contributed by atoms with Gasteiger partial charge in [0.05, 0.1) is 5.02 Å². The van der Waals surface area contributed by atoms with Crippen molar-refractivity contribution in [3.05, 3.63) is 63.9 Å². The molecule has 6 nitrogen and oxygen atoms in total. The summed E-state index contributed by atoms with van der Waals surface area (Å²) in [5, 5.41) is 3.40. The lowest BCUT2D eigenvalue weighted by atomic mass is 10.0. The van der Waals surface area contributed by atoms with Crippen LogP contribution in [0.4, 0.5) is 4.39 Å². The van der Waals surface area contributed by atoms with E-state index in [2.05, 4.69) is 5.32 Å². The van der Waals surface area contributed by atoms with Crippen LogP contribution in [0.3, 0.4) is 0 Å². The van der Waals surface area contributed by atoms with E-state index < -0.39 is 16.1 Å². The van der Waals surface area contributed by atoms with E-state index in [1.807, 2.05) is 4.90 Å². The molecular weight excluding hydrogens is 464 g/mol. The number of carbonyl (C=O) groups excluding carboxylic acids is 1. The highest BCUT2D eigenvalue weighted by atomic mass is 35.5. The Morgan fingerprint density at radius 3 is 2.29 bits per heavy atom.